The van der Waals surface area contributed by atoms with E-state index in [9.17, 15) is 9.90 Å². The van der Waals surface area contributed by atoms with Crippen LogP contribution in [0.4, 0.5) is 0 Å². The number of β-amino-alcohol motifs (C(OH)–C–C–N with tert-alkyl or cyclic N) is 1. The third-order valence-electron chi connectivity index (χ3n) is 6.02. The first-order valence-electron chi connectivity index (χ1n) is 9.22. The highest BCUT2D eigenvalue weighted by molar-refractivity contribution is 5.94. The number of amides is 1. The fraction of sp³-hybridized carbons (Fsp3) is 0.600. The maximum atomic E-state index is 12.8. The Labute approximate surface area is 148 Å². The van der Waals surface area contributed by atoms with Crippen molar-refractivity contribution in [2.45, 2.75) is 37.3 Å². The van der Waals surface area contributed by atoms with Crippen LogP contribution in [-0.2, 0) is 0 Å². The Balaban J connectivity index is 1.40. The molecule has 2 aliphatic carbocycles. The zero-order valence-electron chi connectivity index (χ0n) is 14.7. The van der Waals surface area contributed by atoms with E-state index >= 15 is 0 Å². The standard InChI is InChI=1S/C20H25N3O2/c1-22(19(24)16-4-2-14(10-21)3-5-16)18(15-6-7-15)11-23-12-20(25,13-23)17-8-9-17/h2-5,15,17-18,25H,6-9,11-13H2,1H3. The SMILES string of the molecule is CN(C(=O)c1ccc(C#N)cc1)C(CN1CC(O)(C2CC2)C1)C1CC1. The molecule has 3 fully saturated rings. The van der Waals surface area contributed by atoms with Crippen LogP contribution in [-0.4, -0.2) is 59.1 Å². The van der Waals surface area contributed by atoms with Crippen molar-refractivity contribution in [1.82, 2.24) is 9.80 Å². The van der Waals surface area contributed by atoms with Gasteiger partial charge in [0.15, 0.2) is 0 Å². The summed E-state index contributed by atoms with van der Waals surface area (Å²) in [5, 5.41) is 19.4. The molecule has 3 aliphatic rings. The average Bonchev–Trinajstić information content (AvgIpc) is 3.48. The molecule has 5 heteroatoms. The fourth-order valence-electron chi connectivity index (χ4n) is 4.11. The second kappa shape index (κ2) is 6.12. The van der Waals surface area contributed by atoms with Gasteiger partial charge in [0.1, 0.15) is 0 Å². The van der Waals surface area contributed by atoms with E-state index in [1.165, 1.54) is 12.8 Å². The van der Waals surface area contributed by atoms with E-state index in [0.29, 0.717) is 23.0 Å². The molecule has 25 heavy (non-hydrogen) atoms. The first-order chi connectivity index (χ1) is 12.0. The fourth-order valence-corrected chi connectivity index (χ4v) is 4.11. The normalized spacial score (nSPS) is 23.4. The average molecular weight is 339 g/mol. The molecule has 1 unspecified atom stereocenters. The molecule has 1 amide bonds. The first kappa shape index (κ1) is 16.6. The van der Waals surface area contributed by atoms with Crippen LogP contribution < -0.4 is 0 Å². The van der Waals surface area contributed by atoms with Crippen LogP contribution in [0.5, 0.6) is 0 Å². The molecule has 1 saturated heterocycles. The van der Waals surface area contributed by atoms with Gasteiger partial charge in [-0.3, -0.25) is 9.69 Å². The first-order valence-corrected chi connectivity index (χ1v) is 9.22. The van der Waals surface area contributed by atoms with E-state index in [-0.39, 0.29) is 11.9 Å². The predicted molar refractivity (Wildman–Crippen MR) is 93.9 cm³/mol. The highest BCUT2D eigenvalue weighted by atomic mass is 16.3. The second-order valence-electron chi connectivity index (χ2n) is 8.06. The van der Waals surface area contributed by atoms with Crippen molar-refractivity contribution in [3.63, 3.8) is 0 Å². The second-order valence-corrected chi connectivity index (χ2v) is 8.06. The van der Waals surface area contributed by atoms with Crippen molar-refractivity contribution in [2.75, 3.05) is 26.7 Å². The highest BCUT2D eigenvalue weighted by Crippen LogP contribution is 2.45. The minimum Gasteiger partial charge on any atom is -0.387 e. The van der Waals surface area contributed by atoms with E-state index in [1.54, 1.807) is 24.3 Å². The van der Waals surface area contributed by atoms with E-state index < -0.39 is 5.60 Å². The van der Waals surface area contributed by atoms with Gasteiger partial charge in [0.05, 0.1) is 17.2 Å². The number of hydrogen-bond donors (Lipinski definition) is 1. The third kappa shape index (κ3) is 3.29. The predicted octanol–water partition coefficient (Wildman–Crippen LogP) is 1.87. The molecule has 0 bridgehead atoms. The summed E-state index contributed by atoms with van der Waals surface area (Å²) in [7, 11) is 1.89. The molecule has 0 aromatic heterocycles. The molecular weight excluding hydrogens is 314 g/mol. The Hall–Kier alpha value is -1.90. The van der Waals surface area contributed by atoms with Crippen LogP contribution >= 0.6 is 0 Å². The summed E-state index contributed by atoms with van der Waals surface area (Å²) in [4.78, 5) is 17.0. The van der Waals surface area contributed by atoms with Crippen LogP contribution in [0, 0.1) is 23.2 Å². The molecule has 0 spiro atoms. The molecule has 132 valence electrons. The number of likely N-dealkylation sites (N-methyl/N-ethyl adjacent to an activating group) is 1. The molecule has 5 nitrogen and oxygen atoms in total. The van der Waals surface area contributed by atoms with Gasteiger partial charge >= 0.3 is 0 Å². The molecule has 1 N–H and O–H groups in total. The molecule has 4 rings (SSSR count). The van der Waals surface area contributed by atoms with Crippen molar-refractivity contribution in [1.29, 1.82) is 5.26 Å². The molecule has 1 atom stereocenters. The van der Waals surface area contributed by atoms with Gasteiger partial charge < -0.3 is 10.0 Å². The monoisotopic (exact) mass is 339 g/mol. The summed E-state index contributed by atoms with van der Waals surface area (Å²) < 4.78 is 0. The van der Waals surface area contributed by atoms with E-state index in [1.807, 2.05) is 11.9 Å². The zero-order chi connectivity index (χ0) is 17.6. The topological polar surface area (TPSA) is 67.6 Å². The minimum atomic E-state index is -0.468. The van der Waals surface area contributed by atoms with Crippen LogP contribution in [0.2, 0.25) is 0 Å². The number of hydrogen-bond acceptors (Lipinski definition) is 4. The van der Waals surface area contributed by atoms with Crippen molar-refractivity contribution in [3.8, 4) is 6.07 Å². The maximum absolute atomic E-state index is 12.8. The molecule has 1 aromatic rings. The summed E-state index contributed by atoms with van der Waals surface area (Å²) >= 11 is 0. The van der Waals surface area contributed by atoms with Gasteiger partial charge in [-0.05, 0) is 61.8 Å². The molecule has 0 radical (unpaired) electrons. The summed E-state index contributed by atoms with van der Waals surface area (Å²) in [6, 6.07) is 9.13. The number of carbonyl (C=O) groups is 1. The Kier molecular flexibility index (Phi) is 4.05. The van der Waals surface area contributed by atoms with Gasteiger partial charge in [-0.1, -0.05) is 0 Å². The number of nitrogens with zero attached hydrogens (tertiary/aromatic N) is 3. The van der Waals surface area contributed by atoms with Gasteiger partial charge in [-0.25, -0.2) is 0 Å². The van der Waals surface area contributed by atoms with Crippen LogP contribution in [0.15, 0.2) is 24.3 Å². The number of nitriles is 1. The summed E-state index contributed by atoms with van der Waals surface area (Å²) in [6.07, 6.45) is 4.67. The molecular formula is C20H25N3O2. The maximum Gasteiger partial charge on any atom is 0.253 e. The Bertz CT molecular complexity index is 695. The molecule has 1 aromatic carbocycles. The lowest BCUT2D eigenvalue weighted by Crippen LogP contribution is -2.65. The third-order valence-corrected chi connectivity index (χ3v) is 6.02. The van der Waals surface area contributed by atoms with Gasteiger partial charge in [-0.2, -0.15) is 5.26 Å². The quantitative estimate of drug-likeness (QED) is 0.859. The number of aliphatic hydroxyl groups is 1. The van der Waals surface area contributed by atoms with Gasteiger partial charge in [0.25, 0.3) is 5.91 Å². The number of rotatable bonds is 6. The van der Waals surface area contributed by atoms with Crippen molar-refractivity contribution < 1.29 is 9.90 Å². The van der Waals surface area contributed by atoms with E-state index in [4.69, 9.17) is 5.26 Å². The largest absolute Gasteiger partial charge is 0.387 e. The van der Waals surface area contributed by atoms with Crippen LogP contribution in [0.1, 0.15) is 41.6 Å². The lowest BCUT2D eigenvalue weighted by atomic mass is 9.88. The minimum absolute atomic E-state index is 0.0133. The molecule has 1 heterocycles. The number of benzene rings is 1. The van der Waals surface area contributed by atoms with Gasteiger partial charge in [0, 0.05) is 38.3 Å². The summed E-state index contributed by atoms with van der Waals surface area (Å²) in [5.74, 6) is 1.09. The van der Waals surface area contributed by atoms with Crippen LogP contribution in [0.25, 0.3) is 0 Å². The van der Waals surface area contributed by atoms with Crippen molar-refractivity contribution >= 4 is 5.91 Å². The molecule has 1 aliphatic heterocycles. The van der Waals surface area contributed by atoms with Gasteiger partial charge in [0.2, 0.25) is 0 Å². The summed E-state index contributed by atoms with van der Waals surface area (Å²) in [6.45, 7) is 2.35. The highest BCUT2D eigenvalue weighted by Gasteiger charge is 2.52. The van der Waals surface area contributed by atoms with Gasteiger partial charge in [-0.15, -0.1) is 0 Å². The Morgan fingerprint density at radius 3 is 2.48 bits per heavy atom. The van der Waals surface area contributed by atoms with E-state index in [2.05, 4.69) is 11.0 Å². The summed E-state index contributed by atoms with van der Waals surface area (Å²) in [5.41, 5.74) is 0.729. The van der Waals surface area contributed by atoms with Crippen LogP contribution in [0.3, 0.4) is 0 Å². The zero-order valence-corrected chi connectivity index (χ0v) is 14.7. The Morgan fingerprint density at radius 2 is 1.96 bits per heavy atom. The number of carbonyl (C=O) groups excluding carboxylic acids is 1. The van der Waals surface area contributed by atoms with Crippen molar-refractivity contribution in [3.05, 3.63) is 35.4 Å². The lowest BCUT2D eigenvalue weighted by Gasteiger charge is -2.49. The Morgan fingerprint density at radius 1 is 1.32 bits per heavy atom. The van der Waals surface area contributed by atoms with Crippen molar-refractivity contribution in [2.24, 2.45) is 11.8 Å². The smallest absolute Gasteiger partial charge is 0.253 e. The molecule has 2 saturated carbocycles. The van der Waals surface area contributed by atoms with E-state index in [0.717, 1.165) is 32.5 Å². The number of likely N-dealkylation sites (tertiary alicyclic amines) is 1. The lowest BCUT2D eigenvalue weighted by molar-refractivity contribution is -0.118.